The van der Waals surface area contributed by atoms with E-state index in [-0.39, 0.29) is 18.1 Å². The van der Waals surface area contributed by atoms with Gasteiger partial charge >= 0.3 is 5.97 Å². The number of aromatic hydroxyl groups is 1. The molecule has 0 radical (unpaired) electrons. The second-order valence-electron chi connectivity index (χ2n) is 3.39. The fraction of sp³-hybridized carbons (Fsp3) is 0.250. The summed E-state index contributed by atoms with van der Waals surface area (Å²) in [5.74, 6) is -0.209. The zero-order valence-corrected chi connectivity index (χ0v) is 8.90. The summed E-state index contributed by atoms with van der Waals surface area (Å²) in [6, 6.07) is 4.99. The summed E-state index contributed by atoms with van der Waals surface area (Å²) in [6.07, 6.45) is 1.58. The van der Waals surface area contributed by atoms with Gasteiger partial charge in [-0.25, -0.2) is 0 Å². The van der Waals surface area contributed by atoms with Crippen molar-refractivity contribution in [3.63, 3.8) is 0 Å². The third kappa shape index (κ3) is 1.86. The topological polar surface area (TPSA) is 59.7 Å². The van der Waals surface area contributed by atoms with E-state index < -0.39 is 0 Å². The number of carbonyl (C=O) groups excluding carboxylic acids is 1. The highest BCUT2D eigenvalue weighted by Gasteiger charge is 2.13. The third-order valence-electron chi connectivity index (χ3n) is 2.29. The lowest BCUT2D eigenvalue weighted by molar-refractivity contribution is -0.142. The van der Waals surface area contributed by atoms with Gasteiger partial charge in [-0.1, -0.05) is 6.07 Å². The number of rotatable bonds is 3. The molecular formula is C12H12O4. The molecule has 0 bridgehead atoms. The van der Waals surface area contributed by atoms with Crippen LogP contribution in [0.4, 0.5) is 0 Å². The number of esters is 1. The molecule has 0 aliphatic carbocycles. The summed E-state index contributed by atoms with van der Waals surface area (Å²) < 4.78 is 10.1. The van der Waals surface area contributed by atoms with Gasteiger partial charge in [0, 0.05) is 5.56 Å². The Bertz CT molecular complexity index is 513. The SMILES string of the molecule is CCOC(=O)Cc1coc2cccc(O)c12. The Morgan fingerprint density at radius 1 is 1.50 bits per heavy atom. The van der Waals surface area contributed by atoms with Gasteiger partial charge in [0.05, 0.1) is 24.7 Å². The molecule has 0 unspecified atom stereocenters. The Morgan fingerprint density at radius 2 is 2.31 bits per heavy atom. The number of fused-ring (bicyclic) bond motifs is 1. The largest absolute Gasteiger partial charge is 0.507 e. The van der Waals surface area contributed by atoms with Crippen molar-refractivity contribution in [1.29, 1.82) is 0 Å². The molecule has 4 nitrogen and oxygen atoms in total. The Balaban J connectivity index is 2.34. The van der Waals surface area contributed by atoms with Crippen molar-refractivity contribution < 1.29 is 19.1 Å². The van der Waals surface area contributed by atoms with E-state index in [1.165, 1.54) is 6.26 Å². The average Bonchev–Trinajstić information content (AvgIpc) is 2.63. The van der Waals surface area contributed by atoms with Crippen LogP contribution in [0.2, 0.25) is 0 Å². The van der Waals surface area contributed by atoms with Crippen LogP contribution in [0.3, 0.4) is 0 Å². The van der Waals surface area contributed by atoms with Gasteiger partial charge in [-0.2, -0.15) is 0 Å². The van der Waals surface area contributed by atoms with Crippen molar-refractivity contribution in [1.82, 2.24) is 0 Å². The van der Waals surface area contributed by atoms with Crippen molar-refractivity contribution in [3.05, 3.63) is 30.0 Å². The highest BCUT2D eigenvalue weighted by atomic mass is 16.5. The van der Waals surface area contributed by atoms with Crippen LogP contribution < -0.4 is 0 Å². The Morgan fingerprint density at radius 3 is 3.06 bits per heavy atom. The van der Waals surface area contributed by atoms with Gasteiger partial charge < -0.3 is 14.3 Å². The molecule has 1 aromatic carbocycles. The fourth-order valence-electron chi connectivity index (χ4n) is 1.63. The summed E-state index contributed by atoms with van der Waals surface area (Å²) in [7, 11) is 0. The number of benzene rings is 1. The van der Waals surface area contributed by atoms with Crippen molar-refractivity contribution in [2.24, 2.45) is 0 Å². The monoisotopic (exact) mass is 220 g/mol. The standard InChI is InChI=1S/C12H12O4/c1-2-15-11(14)6-8-7-16-10-5-3-4-9(13)12(8)10/h3-5,7,13H,2,6H2,1H3. The summed E-state index contributed by atoms with van der Waals surface area (Å²) in [5, 5.41) is 10.3. The van der Waals surface area contributed by atoms with E-state index in [2.05, 4.69) is 0 Å². The highest BCUT2D eigenvalue weighted by molar-refractivity contribution is 5.90. The number of phenolic OH excluding ortho intramolecular Hbond substituents is 1. The molecular weight excluding hydrogens is 208 g/mol. The molecule has 0 amide bonds. The van der Waals surface area contributed by atoms with Gasteiger partial charge in [-0.05, 0) is 19.1 Å². The predicted molar refractivity (Wildman–Crippen MR) is 58.2 cm³/mol. The Labute approximate surface area is 92.4 Å². The second kappa shape index (κ2) is 4.26. The molecule has 1 N–H and O–H groups in total. The van der Waals surface area contributed by atoms with Crippen LogP contribution in [0.1, 0.15) is 12.5 Å². The van der Waals surface area contributed by atoms with E-state index in [9.17, 15) is 9.90 Å². The van der Waals surface area contributed by atoms with Gasteiger partial charge in [0.1, 0.15) is 11.3 Å². The van der Waals surface area contributed by atoms with Crippen molar-refractivity contribution in [2.75, 3.05) is 6.61 Å². The molecule has 0 fully saturated rings. The fourth-order valence-corrected chi connectivity index (χ4v) is 1.63. The summed E-state index contributed by atoms with van der Waals surface area (Å²) in [4.78, 5) is 11.3. The molecule has 4 heteroatoms. The molecule has 0 aliphatic rings. The molecule has 84 valence electrons. The second-order valence-corrected chi connectivity index (χ2v) is 3.39. The van der Waals surface area contributed by atoms with Gasteiger partial charge in [-0.3, -0.25) is 4.79 Å². The molecule has 0 aliphatic heterocycles. The van der Waals surface area contributed by atoms with Crippen LogP contribution in [0, 0.1) is 0 Å². The molecule has 16 heavy (non-hydrogen) atoms. The van der Waals surface area contributed by atoms with Crippen LogP contribution in [-0.4, -0.2) is 17.7 Å². The van der Waals surface area contributed by atoms with Crippen molar-refractivity contribution in [2.45, 2.75) is 13.3 Å². The average molecular weight is 220 g/mol. The normalized spacial score (nSPS) is 10.6. The Kier molecular flexibility index (Phi) is 2.81. The first-order valence-electron chi connectivity index (χ1n) is 5.06. The van der Waals surface area contributed by atoms with E-state index in [1.54, 1.807) is 25.1 Å². The molecule has 0 atom stereocenters. The number of phenols is 1. The minimum Gasteiger partial charge on any atom is -0.507 e. The lowest BCUT2D eigenvalue weighted by Crippen LogP contribution is -2.06. The van der Waals surface area contributed by atoms with Crippen molar-refractivity contribution >= 4 is 16.9 Å². The molecule has 2 rings (SSSR count). The van der Waals surface area contributed by atoms with Crippen LogP contribution in [-0.2, 0) is 16.0 Å². The van der Waals surface area contributed by atoms with Gasteiger partial charge in [-0.15, -0.1) is 0 Å². The van der Waals surface area contributed by atoms with Crippen LogP contribution in [0.15, 0.2) is 28.9 Å². The maximum absolute atomic E-state index is 11.3. The summed E-state index contributed by atoms with van der Waals surface area (Å²) >= 11 is 0. The maximum Gasteiger partial charge on any atom is 0.310 e. The smallest absolute Gasteiger partial charge is 0.310 e. The molecule has 0 spiro atoms. The number of hydrogen-bond donors (Lipinski definition) is 1. The van der Waals surface area contributed by atoms with E-state index in [4.69, 9.17) is 9.15 Å². The van der Waals surface area contributed by atoms with E-state index >= 15 is 0 Å². The first-order chi connectivity index (χ1) is 7.72. The molecule has 0 saturated carbocycles. The predicted octanol–water partition coefficient (Wildman–Crippen LogP) is 2.24. The number of carbonyl (C=O) groups is 1. The van der Waals surface area contributed by atoms with Gasteiger partial charge in [0.2, 0.25) is 0 Å². The summed E-state index contributed by atoms with van der Waals surface area (Å²) in [5.41, 5.74) is 1.21. The number of furan rings is 1. The molecule has 1 aromatic heterocycles. The molecule has 1 heterocycles. The summed E-state index contributed by atoms with van der Waals surface area (Å²) in [6.45, 7) is 2.10. The number of hydrogen-bond acceptors (Lipinski definition) is 4. The molecule has 2 aromatic rings. The van der Waals surface area contributed by atoms with Gasteiger partial charge in [0.15, 0.2) is 0 Å². The zero-order valence-electron chi connectivity index (χ0n) is 8.90. The van der Waals surface area contributed by atoms with Crippen LogP contribution in [0.25, 0.3) is 11.0 Å². The van der Waals surface area contributed by atoms with Gasteiger partial charge in [0.25, 0.3) is 0 Å². The number of ether oxygens (including phenoxy) is 1. The molecule has 0 saturated heterocycles. The minimum absolute atomic E-state index is 0.110. The lowest BCUT2D eigenvalue weighted by Gasteiger charge is -2.00. The van der Waals surface area contributed by atoms with E-state index in [0.717, 1.165) is 0 Å². The maximum atomic E-state index is 11.3. The first-order valence-corrected chi connectivity index (χ1v) is 5.06. The van der Waals surface area contributed by atoms with Crippen LogP contribution in [0.5, 0.6) is 5.75 Å². The zero-order chi connectivity index (χ0) is 11.5. The first kappa shape index (κ1) is 10.5. The lowest BCUT2D eigenvalue weighted by atomic mass is 10.1. The third-order valence-corrected chi connectivity index (χ3v) is 2.29. The minimum atomic E-state index is -0.326. The highest BCUT2D eigenvalue weighted by Crippen LogP contribution is 2.29. The van der Waals surface area contributed by atoms with E-state index in [1.807, 2.05) is 0 Å². The van der Waals surface area contributed by atoms with E-state index in [0.29, 0.717) is 23.1 Å². The van der Waals surface area contributed by atoms with Crippen molar-refractivity contribution in [3.8, 4) is 5.75 Å². The quantitative estimate of drug-likeness (QED) is 0.806. The Hall–Kier alpha value is -1.97. The van der Waals surface area contributed by atoms with Crippen LogP contribution >= 0.6 is 0 Å².